The lowest BCUT2D eigenvalue weighted by Gasteiger charge is -2.20. The molecule has 2 heterocycles. The third-order valence-electron chi connectivity index (χ3n) is 3.32. The lowest BCUT2D eigenvalue weighted by atomic mass is 10.1. The van der Waals surface area contributed by atoms with Crippen LogP contribution in [0.4, 0.5) is 0 Å². The smallest absolute Gasteiger partial charge is 0.335 e. The summed E-state index contributed by atoms with van der Waals surface area (Å²) in [6.45, 7) is 1.64. The SMILES string of the molecule is O=C(O)c1ccc2c(c1)CN(C(=O)C1=COCCO1)C2. The van der Waals surface area contributed by atoms with E-state index in [4.69, 9.17) is 14.6 Å². The average Bonchev–Trinajstić information content (AvgIpc) is 2.90. The minimum Gasteiger partial charge on any atom is -0.494 e. The van der Waals surface area contributed by atoms with Crippen molar-refractivity contribution in [2.75, 3.05) is 13.2 Å². The first-order valence-electron chi connectivity index (χ1n) is 6.24. The quantitative estimate of drug-likeness (QED) is 0.875. The van der Waals surface area contributed by atoms with Crippen LogP contribution in [-0.2, 0) is 27.4 Å². The van der Waals surface area contributed by atoms with Gasteiger partial charge in [-0.05, 0) is 23.3 Å². The van der Waals surface area contributed by atoms with Gasteiger partial charge < -0.3 is 19.5 Å². The van der Waals surface area contributed by atoms with Crippen LogP contribution in [0, 0.1) is 0 Å². The highest BCUT2D eigenvalue weighted by molar-refractivity contribution is 5.92. The van der Waals surface area contributed by atoms with Gasteiger partial charge in [-0.2, -0.15) is 0 Å². The van der Waals surface area contributed by atoms with E-state index < -0.39 is 5.97 Å². The molecule has 2 aliphatic heterocycles. The normalized spacial score (nSPS) is 16.8. The maximum atomic E-state index is 12.2. The molecule has 0 aliphatic carbocycles. The minimum atomic E-state index is -0.968. The zero-order valence-electron chi connectivity index (χ0n) is 10.7. The molecule has 1 amide bonds. The molecule has 0 unspecified atom stereocenters. The van der Waals surface area contributed by atoms with Crippen molar-refractivity contribution < 1.29 is 24.2 Å². The third kappa shape index (κ3) is 2.20. The first-order valence-corrected chi connectivity index (χ1v) is 6.24. The zero-order chi connectivity index (χ0) is 14.1. The molecule has 2 aliphatic rings. The highest BCUT2D eigenvalue weighted by atomic mass is 16.6. The van der Waals surface area contributed by atoms with Crippen molar-refractivity contribution >= 4 is 11.9 Å². The van der Waals surface area contributed by atoms with Crippen LogP contribution < -0.4 is 0 Å². The zero-order valence-corrected chi connectivity index (χ0v) is 10.7. The molecule has 0 bridgehead atoms. The molecule has 1 aromatic carbocycles. The molecule has 0 saturated heterocycles. The van der Waals surface area contributed by atoms with E-state index in [1.165, 1.54) is 6.26 Å². The number of hydrogen-bond acceptors (Lipinski definition) is 4. The van der Waals surface area contributed by atoms with Gasteiger partial charge in [0.1, 0.15) is 19.5 Å². The predicted molar refractivity (Wildman–Crippen MR) is 67.6 cm³/mol. The van der Waals surface area contributed by atoms with Gasteiger partial charge in [-0.1, -0.05) is 6.07 Å². The molecule has 0 fully saturated rings. The van der Waals surface area contributed by atoms with E-state index in [-0.39, 0.29) is 17.2 Å². The van der Waals surface area contributed by atoms with Gasteiger partial charge in [0.05, 0.1) is 5.56 Å². The monoisotopic (exact) mass is 275 g/mol. The molecule has 1 N–H and O–H groups in total. The fourth-order valence-corrected chi connectivity index (χ4v) is 2.31. The standard InChI is InChI=1S/C14H13NO5/c16-13(12-8-19-3-4-20-12)15-6-10-2-1-9(14(17)18)5-11(10)7-15/h1-2,5,8H,3-4,6-7H2,(H,17,18). The largest absolute Gasteiger partial charge is 0.494 e. The lowest BCUT2D eigenvalue weighted by Crippen LogP contribution is -2.29. The van der Waals surface area contributed by atoms with Crippen molar-refractivity contribution in [3.05, 3.63) is 46.9 Å². The summed E-state index contributed by atoms with van der Waals surface area (Å²) in [6, 6.07) is 4.91. The summed E-state index contributed by atoms with van der Waals surface area (Å²) in [5.41, 5.74) is 2.05. The Kier molecular flexibility index (Phi) is 3.06. The molecule has 1 aromatic rings. The van der Waals surface area contributed by atoms with Gasteiger partial charge in [0.15, 0.2) is 0 Å². The van der Waals surface area contributed by atoms with Crippen molar-refractivity contribution in [2.24, 2.45) is 0 Å². The number of rotatable bonds is 2. The predicted octanol–water partition coefficient (Wildman–Crippen LogP) is 1.12. The van der Waals surface area contributed by atoms with E-state index in [2.05, 4.69) is 0 Å². The first kappa shape index (κ1) is 12.5. The number of hydrogen-bond donors (Lipinski definition) is 1. The van der Waals surface area contributed by atoms with E-state index in [1.807, 2.05) is 0 Å². The first-order chi connectivity index (χ1) is 9.65. The van der Waals surface area contributed by atoms with Gasteiger partial charge in [0, 0.05) is 13.1 Å². The van der Waals surface area contributed by atoms with Gasteiger partial charge in [0.2, 0.25) is 5.76 Å². The Hall–Kier alpha value is -2.50. The van der Waals surface area contributed by atoms with Crippen LogP contribution in [0.25, 0.3) is 0 Å². The number of fused-ring (bicyclic) bond motifs is 1. The van der Waals surface area contributed by atoms with E-state index in [0.29, 0.717) is 26.3 Å². The van der Waals surface area contributed by atoms with E-state index in [9.17, 15) is 9.59 Å². The van der Waals surface area contributed by atoms with E-state index in [1.54, 1.807) is 23.1 Å². The number of nitrogens with zero attached hydrogens (tertiary/aromatic N) is 1. The average molecular weight is 275 g/mol. The summed E-state index contributed by atoms with van der Waals surface area (Å²) in [4.78, 5) is 24.8. The second-order valence-corrected chi connectivity index (χ2v) is 4.65. The van der Waals surface area contributed by atoms with Gasteiger partial charge in [-0.25, -0.2) is 4.79 Å². The van der Waals surface area contributed by atoms with Crippen LogP contribution in [-0.4, -0.2) is 35.1 Å². The van der Waals surface area contributed by atoms with Crippen molar-refractivity contribution in [1.82, 2.24) is 4.90 Å². The van der Waals surface area contributed by atoms with E-state index >= 15 is 0 Å². The van der Waals surface area contributed by atoms with Crippen molar-refractivity contribution in [1.29, 1.82) is 0 Å². The molecule has 0 aromatic heterocycles. The molecule has 3 rings (SSSR count). The van der Waals surface area contributed by atoms with Gasteiger partial charge in [-0.3, -0.25) is 4.79 Å². The maximum absolute atomic E-state index is 12.2. The number of benzene rings is 1. The van der Waals surface area contributed by atoms with Crippen molar-refractivity contribution in [2.45, 2.75) is 13.1 Å². The number of carbonyl (C=O) groups is 2. The molecule has 6 heteroatoms. The Balaban J connectivity index is 1.78. The summed E-state index contributed by atoms with van der Waals surface area (Å²) in [5, 5.41) is 8.97. The number of aromatic carboxylic acids is 1. The molecule has 0 atom stereocenters. The van der Waals surface area contributed by atoms with Gasteiger partial charge >= 0.3 is 5.97 Å². The summed E-state index contributed by atoms with van der Waals surface area (Å²) >= 11 is 0. The van der Waals surface area contributed by atoms with E-state index in [0.717, 1.165) is 11.1 Å². The molecule has 0 spiro atoms. The molecule has 104 valence electrons. The van der Waals surface area contributed by atoms with Crippen LogP contribution >= 0.6 is 0 Å². The molecular formula is C14H13NO5. The fraction of sp³-hybridized carbons (Fsp3) is 0.286. The van der Waals surface area contributed by atoms with Crippen LogP contribution in [0.1, 0.15) is 21.5 Å². The molecule has 0 saturated carbocycles. The lowest BCUT2D eigenvalue weighted by molar-refractivity contribution is -0.132. The number of carbonyl (C=O) groups excluding carboxylic acids is 1. The summed E-state index contributed by atoms with van der Waals surface area (Å²) in [5.74, 6) is -1.01. The highest BCUT2D eigenvalue weighted by Crippen LogP contribution is 2.25. The van der Waals surface area contributed by atoms with Gasteiger partial charge in [0.25, 0.3) is 5.91 Å². The van der Waals surface area contributed by atoms with Crippen LogP contribution in [0.3, 0.4) is 0 Å². The number of amides is 1. The topological polar surface area (TPSA) is 76.1 Å². The Bertz CT molecular complexity index is 608. The Morgan fingerprint density at radius 1 is 1.15 bits per heavy atom. The highest BCUT2D eigenvalue weighted by Gasteiger charge is 2.28. The van der Waals surface area contributed by atoms with Crippen LogP contribution in [0.2, 0.25) is 0 Å². The minimum absolute atomic E-state index is 0.197. The number of carboxylic acid groups (broad SMARTS) is 1. The third-order valence-corrected chi connectivity index (χ3v) is 3.32. The van der Waals surface area contributed by atoms with Gasteiger partial charge in [-0.15, -0.1) is 0 Å². The van der Waals surface area contributed by atoms with Crippen molar-refractivity contribution in [3.8, 4) is 0 Å². The maximum Gasteiger partial charge on any atom is 0.335 e. The Morgan fingerprint density at radius 2 is 1.95 bits per heavy atom. The van der Waals surface area contributed by atoms with Crippen molar-refractivity contribution in [3.63, 3.8) is 0 Å². The number of ether oxygens (including phenoxy) is 2. The summed E-state index contributed by atoms with van der Waals surface area (Å²) in [6.07, 6.45) is 1.33. The molecule has 0 radical (unpaired) electrons. The summed E-state index contributed by atoms with van der Waals surface area (Å²) in [7, 11) is 0. The second kappa shape index (κ2) is 4.88. The Labute approximate surface area is 115 Å². The van der Waals surface area contributed by atoms with Crippen LogP contribution in [0.15, 0.2) is 30.2 Å². The number of carboxylic acids is 1. The second-order valence-electron chi connectivity index (χ2n) is 4.65. The molecule has 6 nitrogen and oxygen atoms in total. The Morgan fingerprint density at radius 3 is 2.65 bits per heavy atom. The molecule has 20 heavy (non-hydrogen) atoms. The van der Waals surface area contributed by atoms with Crippen LogP contribution in [0.5, 0.6) is 0 Å². The summed E-state index contributed by atoms with van der Waals surface area (Å²) < 4.78 is 10.3. The molecular weight excluding hydrogens is 262 g/mol. The fourth-order valence-electron chi connectivity index (χ4n) is 2.31.